The van der Waals surface area contributed by atoms with Gasteiger partial charge in [0.05, 0.1) is 12.2 Å². The normalized spacial score (nSPS) is 36.9. The zero-order valence-electron chi connectivity index (χ0n) is 11.8. The molecule has 1 aliphatic heterocycles. The molecule has 0 aromatic heterocycles. The van der Waals surface area contributed by atoms with Gasteiger partial charge in [0.25, 0.3) is 0 Å². The van der Waals surface area contributed by atoms with Gasteiger partial charge in [0, 0.05) is 18.1 Å². The second kappa shape index (κ2) is 5.25. The molecule has 1 heterocycles. The summed E-state index contributed by atoms with van der Waals surface area (Å²) in [6.07, 6.45) is 7.23. The van der Waals surface area contributed by atoms with Gasteiger partial charge in [-0.15, -0.1) is 0 Å². The highest BCUT2D eigenvalue weighted by atomic mass is 16.5. The molecule has 1 saturated heterocycles. The minimum Gasteiger partial charge on any atom is -0.375 e. The van der Waals surface area contributed by atoms with Crippen molar-refractivity contribution < 1.29 is 4.74 Å². The Hall–Kier alpha value is -0.120. The van der Waals surface area contributed by atoms with Gasteiger partial charge in [-0.25, -0.2) is 0 Å². The molecule has 3 nitrogen and oxygen atoms in total. The van der Waals surface area contributed by atoms with Crippen molar-refractivity contribution in [2.24, 2.45) is 0 Å². The molecule has 2 unspecified atom stereocenters. The number of likely N-dealkylation sites (N-methyl/N-ethyl adjacent to an activating group) is 1. The van der Waals surface area contributed by atoms with Crippen molar-refractivity contribution in [2.75, 3.05) is 20.6 Å². The highest BCUT2D eigenvalue weighted by Crippen LogP contribution is 2.35. The monoisotopic (exact) mass is 240 g/mol. The molecule has 0 aromatic carbocycles. The summed E-state index contributed by atoms with van der Waals surface area (Å²) in [6.45, 7) is 5.52. The van der Waals surface area contributed by atoms with Gasteiger partial charge < -0.3 is 15.0 Å². The summed E-state index contributed by atoms with van der Waals surface area (Å²) in [7, 11) is 4.44. The Morgan fingerprint density at radius 2 is 1.76 bits per heavy atom. The van der Waals surface area contributed by atoms with E-state index in [1.807, 2.05) is 0 Å². The Kier molecular flexibility index (Phi) is 4.11. The molecule has 0 bridgehead atoms. The van der Waals surface area contributed by atoms with Crippen molar-refractivity contribution >= 4 is 0 Å². The van der Waals surface area contributed by atoms with E-state index < -0.39 is 0 Å². The van der Waals surface area contributed by atoms with E-state index in [9.17, 15) is 0 Å². The Labute approximate surface area is 106 Å². The zero-order chi connectivity index (χ0) is 12.5. The minimum absolute atomic E-state index is 0.410. The maximum absolute atomic E-state index is 5.79. The van der Waals surface area contributed by atoms with Gasteiger partial charge in [-0.05, 0) is 60.0 Å². The molecule has 3 heteroatoms. The van der Waals surface area contributed by atoms with Crippen LogP contribution in [0.2, 0.25) is 0 Å². The summed E-state index contributed by atoms with van der Waals surface area (Å²) in [5.41, 5.74) is 0.435. The van der Waals surface area contributed by atoms with E-state index in [1.165, 1.54) is 19.3 Å². The first-order valence-electron chi connectivity index (χ1n) is 7.08. The molecule has 2 aliphatic rings. The largest absolute Gasteiger partial charge is 0.375 e. The topological polar surface area (TPSA) is 24.5 Å². The van der Waals surface area contributed by atoms with E-state index >= 15 is 0 Å². The predicted molar refractivity (Wildman–Crippen MR) is 71.3 cm³/mol. The number of nitrogens with one attached hydrogen (secondary N) is 1. The van der Waals surface area contributed by atoms with Crippen LogP contribution in [0.4, 0.5) is 0 Å². The van der Waals surface area contributed by atoms with E-state index in [0.717, 1.165) is 19.4 Å². The molecule has 2 atom stereocenters. The van der Waals surface area contributed by atoms with Crippen LogP contribution in [0.3, 0.4) is 0 Å². The molecule has 100 valence electrons. The lowest BCUT2D eigenvalue weighted by Crippen LogP contribution is -2.58. The molecular weight excluding hydrogens is 212 g/mol. The molecule has 1 N–H and O–H groups in total. The average molecular weight is 240 g/mol. The molecule has 0 aromatic rings. The minimum atomic E-state index is 0.410. The van der Waals surface area contributed by atoms with E-state index in [4.69, 9.17) is 4.74 Å². The number of nitrogens with zero attached hydrogens (tertiary/aromatic N) is 1. The number of rotatable bonds is 4. The Morgan fingerprint density at radius 3 is 2.18 bits per heavy atom. The van der Waals surface area contributed by atoms with E-state index in [0.29, 0.717) is 23.8 Å². The SMILES string of the molecule is CC1CC(NCC2(N(C)C)CCC2)CC(C)O1. The van der Waals surface area contributed by atoms with Gasteiger partial charge in [0.15, 0.2) is 0 Å². The first-order chi connectivity index (χ1) is 8.02. The van der Waals surface area contributed by atoms with Crippen molar-refractivity contribution in [3.63, 3.8) is 0 Å². The summed E-state index contributed by atoms with van der Waals surface area (Å²) in [5.74, 6) is 0. The van der Waals surface area contributed by atoms with E-state index in [2.05, 4.69) is 38.2 Å². The summed E-state index contributed by atoms with van der Waals surface area (Å²) >= 11 is 0. The van der Waals surface area contributed by atoms with Crippen molar-refractivity contribution in [3.8, 4) is 0 Å². The molecule has 1 saturated carbocycles. The highest BCUT2D eigenvalue weighted by Gasteiger charge is 2.39. The Morgan fingerprint density at radius 1 is 1.18 bits per heavy atom. The molecule has 0 radical (unpaired) electrons. The number of ether oxygens (including phenoxy) is 1. The Bertz CT molecular complexity index is 241. The summed E-state index contributed by atoms with van der Waals surface area (Å²) < 4.78 is 5.79. The zero-order valence-corrected chi connectivity index (χ0v) is 11.8. The van der Waals surface area contributed by atoms with Gasteiger partial charge in [0.2, 0.25) is 0 Å². The van der Waals surface area contributed by atoms with E-state index in [1.54, 1.807) is 0 Å². The van der Waals surface area contributed by atoms with Crippen LogP contribution in [0.1, 0.15) is 46.0 Å². The average Bonchev–Trinajstić information content (AvgIpc) is 2.13. The third-order valence-electron chi connectivity index (χ3n) is 4.65. The third-order valence-corrected chi connectivity index (χ3v) is 4.65. The third kappa shape index (κ3) is 3.01. The second-order valence-corrected chi connectivity index (χ2v) is 6.28. The summed E-state index contributed by atoms with van der Waals surface area (Å²) in [6, 6.07) is 0.645. The second-order valence-electron chi connectivity index (χ2n) is 6.28. The maximum Gasteiger partial charge on any atom is 0.0565 e. The molecule has 17 heavy (non-hydrogen) atoms. The van der Waals surface area contributed by atoms with Crippen LogP contribution in [0, 0.1) is 0 Å². The van der Waals surface area contributed by atoms with Crippen LogP contribution >= 0.6 is 0 Å². The smallest absolute Gasteiger partial charge is 0.0565 e. The molecule has 0 spiro atoms. The van der Waals surface area contributed by atoms with Gasteiger partial charge in [-0.2, -0.15) is 0 Å². The fourth-order valence-electron chi connectivity index (χ4n) is 3.27. The van der Waals surface area contributed by atoms with Crippen molar-refractivity contribution in [2.45, 2.75) is 69.7 Å². The van der Waals surface area contributed by atoms with Gasteiger partial charge >= 0.3 is 0 Å². The summed E-state index contributed by atoms with van der Waals surface area (Å²) in [5, 5.41) is 3.78. The summed E-state index contributed by atoms with van der Waals surface area (Å²) in [4.78, 5) is 2.41. The van der Waals surface area contributed by atoms with Gasteiger partial charge in [0.1, 0.15) is 0 Å². The van der Waals surface area contributed by atoms with Crippen molar-refractivity contribution in [3.05, 3.63) is 0 Å². The van der Waals surface area contributed by atoms with Crippen LogP contribution < -0.4 is 5.32 Å². The van der Waals surface area contributed by atoms with Crippen LogP contribution in [0.25, 0.3) is 0 Å². The fraction of sp³-hybridized carbons (Fsp3) is 1.00. The van der Waals surface area contributed by atoms with Crippen molar-refractivity contribution in [1.82, 2.24) is 10.2 Å². The molecule has 2 fully saturated rings. The van der Waals surface area contributed by atoms with Crippen LogP contribution in [-0.4, -0.2) is 49.3 Å². The maximum atomic E-state index is 5.79. The van der Waals surface area contributed by atoms with Gasteiger partial charge in [-0.1, -0.05) is 0 Å². The van der Waals surface area contributed by atoms with Gasteiger partial charge in [-0.3, -0.25) is 0 Å². The first-order valence-corrected chi connectivity index (χ1v) is 7.08. The van der Waals surface area contributed by atoms with Crippen LogP contribution in [-0.2, 0) is 4.74 Å². The van der Waals surface area contributed by atoms with Crippen molar-refractivity contribution in [1.29, 1.82) is 0 Å². The van der Waals surface area contributed by atoms with E-state index in [-0.39, 0.29) is 0 Å². The van der Waals surface area contributed by atoms with Crippen LogP contribution in [0.15, 0.2) is 0 Å². The molecule has 0 amide bonds. The standard InChI is InChI=1S/C14H28N2O/c1-11-8-13(9-12(2)17-11)15-10-14(16(3)4)6-5-7-14/h11-13,15H,5-10H2,1-4H3. The number of hydrogen-bond acceptors (Lipinski definition) is 3. The lowest BCUT2D eigenvalue weighted by Gasteiger charge is -2.48. The quantitative estimate of drug-likeness (QED) is 0.813. The molecular formula is C14H28N2O. The molecule has 1 aliphatic carbocycles. The Balaban J connectivity index is 1.81. The number of hydrogen-bond donors (Lipinski definition) is 1. The lowest BCUT2D eigenvalue weighted by molar-refractivity contribution is -0.0457. The highest BCUT2D eigenvalue weighted by molar-refractivity contribution is 4.98. The lowest BCUT2D eigenvalue weighted by atomic mass is 9.75. The molecule has 2 rings (SSSR count). The predicted octanol–water partition coefficient (Wildman–Crippen LogP) is 2.02. The fourth-order valence-corrected chi connectivity index (χ4v) is 3.27. The first kappa shape index (κ1) is 13.3. The van der Waals surface area contributed by atoms with Crippen LogP contribution in [0.5, 0.6) is 0 Å².